The summed E-state index contributed by atoms with van der Waals surface area (Å²) in [6.07, 6.45) is 0.0246. The summed E-state index contributed by atoms with van der Waals surface area (Å²) in [5.74, 6) is -0.353. The predicted molar refractivity (Wildman–Crippen MR) is 127 cm³/mol. The first-order valence-corrected chi connectivity index (χ1v) is 12.0. The molecule has 0 spiro atoms. The molecule has 0 amide bonds. The van der Waals surface area contributed by atoms with E-state index in [0.29, 0.717) is 18.4 Å². The van der Waals surface area contributed by atoms with Gasteiger partial charge in [-0.2, -0.15) is 0 Å². The molecule has 3 aromatic rings. The van der Waals surface area contributed by atoms with Crippen molar-refractivity contribution in [1.29, 1.82) is 5.16 Å². The van der Waals surface area contributed by atoms with Gasteiger partial charge in [-0.1, -0.05) is 73.3 Å². The van der Waals surface area contributed by atoms with Crippen LogP contribution < -0.4 is 9.34 Å². The maximum Gasteiger partial charge on any atom is 0.310 e. The van der Waals surface area contributed by atoms with Crippen LogP contribution >= 0.6 is 7.36 Å². The van der Waals surface area contributed by atoms with Gasteiger partial charge in [0.1, 0.15) is 6.61 Å². The Hall–Kier alpha value is -3.30. The van der Waals surface area contributed by atoms with Gasteiger partial charge in [0.2, 0.25) is 0 Å². The summed E-state index contributed by atoms with van der Waals surface area (Å²) in [6.45, 7) is 5.86. The van der Waals surface area contributed by atoms with Gasteiger partial charge < -0.3 is 14.1 Å². The number of nitrogens with zero attached hydrogens (tertiary/aromatic N) is 2. The van der Waals surface area contributed by atoms with Crippen molar-refractivity contribution in [2.75, 3.05) is 22.4 Å². The molecule has 4 rings (SSSR count). The average molecular weight is 431 g/mol. The molecule has 5 nitrogen and oxygen atoms in total. The van der Waals surface area contributed by atoms with E-state index in [9.17, 15) is 9.96 Å². The molecule has 0 unspecified atom stereocenters. The summed E-state index contributed by atoms with van der Waals surface area (Å²) in [5, 5.41) is 10.2. The highest BCUT2D eigenvalue weighted by atomic mass is 31.2. The summed E-state index contributed by atoms with van der Waals surface area (Å²) >= 11 is 0. The minimum absolute atomic E-state index is 0.0246. The fraction of sp³-hybridized carbons (Fsp3) is 0.160. The fourth-order valence-electron chi connectivity index (χ4n) is 3.81. The third-order valence-electron chi connectivity index (χ3n) is 5.36. The molecule has 1 aliphatic heterocycles. The van der Waals surface area contributed by atoms with E-state index in [1.54, 1.807) is 0 Å². The number of hydrogen-bond donors (Lipinski definition) is 1. The SMILES string of the molecule is C=C(CC(=O)OCc1ccccc1)P1(=N)N(c2ccccc2)CCN1c1ccccc1. The van der Waals surface area contributed by atoms with Gasteiger partial charge in [-0.3, -0.25) is 9.96 Å². The number of benzene rings is 3. The van der Waals surface area contributed by atoms with Crippen LogP contribution in [0.15, 0.2) is 103 Å². The molecule has 0 aliphatic carbocycles. The molecule has 1 fully saturated rings. The van der Waals surface area contributed by atoms with Crippen LogP contribution in [-0.2, 0) is 16.1 Å². The zero-order valence-electron chi connectivity index (χ0n) is 17.4. The van der Waals surface area contributed by atoms with E-state index >= 15 is 0 Å². The van der Waals surface area contributed by atoms with Crippen molar-refractivity contribution < 1.29 is 9.53 Å². The van der Waals surface area contributed by atoms with Gasteiger partial charge in [0, 0.05) is 29.8 Å². The molecule has 1 aliphatic rings. The van der Waals surface area contributed by atoms with Gasteiger partial charge in [0.05, 0.1) is 6.42 Å². The third-order valence-corrected chi connectivity index (χ3v) is 8.66. The van der Waals surface area contributed by atoms with Crippen LogP contribution in [0.2, 0.25) is 0 Å². The molecule has 0 radical (unpaired) electrons. The molecule has 0 saturated carbocycles. The second-order valence-corrected chi connectivity index (χ2v) is 10.2. The minimum Gasteiger partial charge on any atom is -0.461 e. The van der Waals surface area contributed by atoms with Crippen molar-refractivity contribution in [3.63, 3.8) is 0 Å². The van der Waals surface area contributed by atoms with Crippen molar-refractivity contribution in [3.8, 4) is 0 Å². The molecule has 0 bridgehead atoms. The third kappa shape index (κ3) is 4.42. The maximum absolute atomic E-state index is 12.6. The summed E-state index contributed by atoms with van der Waals surface area (Å²) in [6, 6.07) is 29.5. The van der Waals surface area contributed by atoms with E-state index < -0.39 is 7.36 Å². The van der Waals surface area contributed by atoms with E-state index in [-0.39, 0.29) is 19.0 Å². The molecule has 1 heterocycles. The lowest BCUT2D eigenvalue weighted by molar-refractivity contribution is -0.143. The topological polar surface area (TPSA) is 56.6 Å². The number of carbonyl (C=O) groups is 1. The zero-order chi connectivity index (χ0) is 21.7. The summed E-state index contributed by atoms with van der Waals surface area (Å²) in [4.78, 5) is 12.6. The average Bonchev–Trinajstić information content (AvgIpc) is 3.18. The first-order valence-electron chi connectivity index (χ1n) is 10.3. The smallest absolute Gasteiger partial charge is 0.310 e. The summed E-state index contributed by atoms with van der Waals surface area (Å²) in [5.41, 5.74) is 2.89. The number of esters is 1. The lowest BCUT2D eigenvalue weighted by atomic mass is 10.2. The Morgan fingerprint density at radius 1 is 0.839 bits per heavy atom. The minimum atomic E-state index is -2.80. The monoisotopic (exact) mass is 431 g/mol. The van der Waals surface area contributed by atoms with Crippen LogP contribution in [-0.4, -0.2) is 19.1 Å². The van der Waals surface area contributed by atoms with Gasteiger partial charge in [-0.05, 0) is 29.8 Å². The highest BCUT2D eigenvalue weighted by molar-refractivity contribution is 7.72. The number of rotatable bonds is 7. The molecular weight excluding hydrogens is 405 g/mol. The second kappa shape index (κ2) is 9.23. The Labute approximate surface area is 183 Å². The van der Waals surface area contributed by atoms with E-state index in [1.165, 1.54) is 0 Å². The fourth-order valence-corrected chi connectivity index (χ4v) is 6.80. The number of anilines is 2. The van der Waals surface area contributed by atoms with Crippen molar-refractivity contribution in [3.05, 3.63) is 108 Å². The lowest BCUT2D eigenvalue weighted by Crippen LogP contribution is -2.21. The Kier molecular flexibility index (Phi) is 6.24. The van der Waals surface area contributed by atoms with E-state index in [0.717, 1.165) is 16.9 Å². The molecule has 6 heteroatoms. The standard InChI is InChI=1S/C25H26N3O2P/c1-21(19-25(29)30-20-22-11-5-2-6-12-22)31(26)27(23-13-7-3-8-14-23)17-18-28(31)24-15-9-4-10-16-24/h2-16,26H,1,17-20H2. The number of nitrogens with one attached hydrogen (secondary N) is 1. The van der Waals surface area contributed by atoms with Crippen LogP contribution in [0.3, 0.4) is 0 Å². The molecule has 3 aromatic carbocycles. The van der Waals surface area contributed by atoms with Crippen molar-refractivity contribution in [2.24, 2.45) is 0 Å². The maximum atomic E-state index is 12.6. The predicted octanol–water partition coefficient (Wildman–Crippen LogP) is 6.27. The normalized spacial score (nSPS) is 15.0. The molecule has 0 aromatic heterocycles. The van der Waals surface area contributed by atoms with E-state index in [2.05, 4.69) is 15.9 Å². The Bertz CT molecular complexity index is 1040. The summed E-state index contributed by atoms with van der Waals surface area (Å²) in [7, 11) is -2.80. The summed E-state index contributed by atoms with van der Waals surface area (Å²) < 4.78 is 9.69. The second-order valence-electron chi connectivity index (χ2n) is 7.41. The molecular formula is C25H26N3O2P. The first-order chi connectivity index (χ1) is 15.1. The van der Waals surface area contributed by atoms with Gasteiger partial charge in [0.25, 0.3) is 0 Å². The number of hydrogen-bond acceptors (Lipinski definition) is 3. The Morgan fingerprint density at radius 3 is 1.77 bits per heavy atom. The van der Waals surface area contributed by atoms with Crippen molar-refractivity contribution in [2.45, 2.75) is 13.0 Å². The van der Waals surface area contributed by atoms with E-state index in [1.807, 2.05) is 91.0 Å². The van der Waals surface area contributed by atoms with Crippen LogP contribution in [0.25, 0.3) is 0 Å². The van der Waals surface area contributed by atoms with Crippen LogP contribution in [0.5, 0.6) is 0 Å². The van der Waals surface area contributed by atoms with Crippen LogP contribution in [0.4, 0.5) is 11.4 Å². The van der Waals surface area contributed by atoms with Gasteiger partial charge >= 0.3 is 5.97 Å². The zero-order valence-corrected chi connectivity index (χ0v) is 18.2. The van der Waals surface area contributed by atoms with Crippen molar-refractivity contribution >= 4 is 24.7 Å². The van der Waals surface area contributed by atoms with Crippen LogP contribution in [0, 0.1) is 5.16 Å². The number of ether oxygens (including phenoxy) is 1. The molecule has 31 heavy (non-hydrogen) atoms. The molecule has 1 saturated heterocycles. The van der Waals surface area contributed by atoms with Gasteiger partial charge in [0.15, 0.2) is 7.36 Å². The first kappa shape index (κ1) is 21.0. The highest BCUT2D eigenvalue weighted by Gasteiger charge is 2.42. The quantitative estimate of drug-likeness (QED) is 0.354. The number of carbonyl (C=O) groups excluding carboxylic acids is 1. The Balaban J connectivity index is 1.57. The van der Waals surface area contributed by atoms with Crippen LogP contribution in [0.1, 0.15) is 12.0 Å². The Morgan fingerprint density at radius 2 is 1.29 bits per heavy atom. The van der Waals surface area contributed by atoms with Crippen molar-refractivity contribution in [1.82, 2.24) is 0 Å². The highest BCUT2D eigenvalue weighted by Crippen LogP contribution is 2.66. The largest absolute Gasteiger partial charge is 0.461 e. The molecule has 0 atom stereocenters. The van der Waals surface area contributed by atoms with Gasteiger partial charge in [-0.25, -0.2) is 0 Å². The molecule has 158 valence electrons. The van der Waals surface area contributed by atoms with E-state index in [4.69, 9.17) is 4.74 Å². The lowest BCUT2D eigenvalue weighted by Gasteiger charge is -2.37. The number of para-hydroxylation sites is 2. The van der Waals surface area contributed by atoms with Gasteiger partial charge in [-0.15, -0.1) is 0 Å². The molecule has 1 N–H and O–H groups in total.